The van der Waals surface area contributed by atoms with Gasteiger partial charge >= 0.3 is 12.1 Å². The molecule has 0 aliphatic carbocycles. The summed E-state index contributed by atoms with van der Waals surface area (Å²) in [5.74, 6) is -1.51. The third-order valence-electron chi connectivity index (χ3n) is 5.19. The van der Waals surface area contributed by atoms with Gasteiger partial charge in [-0.05, 0) is 18.9 Å². The van der Waals surface area contributed by atoms with Crippen LogP contribution in [-0.4, -0.2) is 54.5 Å². The fourth-order valence-electron chi connectivity index (χ4n) is 3.32. The van der Waals surface area contributed by atoms with Crippen molar-refractivity contribution in [2.75, 3.05) is 13.7 Å². The Bertz CT molecular complexity index is 756. The maximum absolute atomic E-state index is 12.8. The van der Waals surface area contributed by atoms with Gasteiger partial charge < -0.3 is 20.5 Å². The molecule has 0 fully saturated rings. The van der Waals surface area contributed by atoms with Gasteiger partial charge in [-0.2, -0.15) is 0 Å². The number of carbonyl (C=O) groups excluding carboxylic acids is 4. The van der Waals surface area contributed by atoms with Gasteiger partial charge in [-0.3, -0.25) is 14.5 Å². The Morgan fingerprint density at radius 1 is 1.06 bits per heavy atom. The Kier molecular flexibility index (Phi) is 13.3. The van der Waals surface area contributed by atoms with Crippen LogP contribution in [0.2, 0.25) is 0 Å². The molecule has 0 aliphatic rings. The molecule has 0 saturated heterocycles. The van der Waals surface area contributed by atoms with E-state index in [0.29, 0.717) is 6.42 Å². The van der Waals surface area contributed by atoms with Gasteiger partial charge in [0.15, 0.2) is 0 Å². The molecule has 2 atom stereocenters. The van der Waals surface area contributed by atoms with Gasteiger partial charge in [-0.1, -0.05) is 62.9 Å². The topological polar surface area (TPSA) is 128 Å². The Morgan fingerprint density at radius 3 is 2.33 bits per heavy atom. The van der Waals surface area contributed by atoms with Crippen molar-refractivity contribution in [1.82, 2.24) is 10.2 Å². The lowest BCUT2D eigenvalue weighted by Gasteiger charge is -2.30. The monoisotopic (exact) mass is 463 g/mol. The first-order valence-electron chi connectivity index (χ1n) is 11.4. The number of esters is 1. The summed E-state index contributed by atoms with van der Waals surface area (Å²) < 4.78 is 10.1. The van der Waals surface area contributed by atoms with Crippen LogP contribution in [0.5, 0.6) is 0 Å². The lowest BCUT2D eigenvalue weighted by Crippen LogP contribution is -2.52. The zero-order valence-corrected chi connectivity index (χ0v) is 19.9. The molecule has 0 aliphatic heterocycles. The molecule has 1 aromatic rings. The predicted octanol–water partition coefficient (Wildman–Crippen LogP) is 2.91. The zero-order valence-electron chi connectivity index (χ0n) is 19.9. The molecule has 0 aromatic heterocycles. The van der Waals surface area contributed by atoms with E-state index < -0.39 is 30.1 Å². The maximum atomic E-state index is 12.8. The maximum Gasteiger partial charge on any atom is 0.410 e. The summed E-state index contributed by atoms with van der Waals surface area (Å²) in [6.07, 6.45) is 4.34. The summed E-state index contributed by atoms with van der Waals surface area (Å²) in [6, 6.07) is 7.34. The molecular formula is C24H37N3O6. The molecular weight excluding hydrogens is 426 g/mol. The number of carbonyl (C=O) groups is 4. The predicted molar refractivity (Wildman–Crippen MR) is 124 cm³/mol. The average molecular weight is 464 g/mol. The van der Waals surface area contributed by atoms with Crippen molar-refractivity contribution >= 4 is 23.9 Å². The van der Waals surface area contributed by atoms with Crippen LogP contribution >= 0.6 is 0 Å². The number of ether oxygens (including phenoxy) is 2. The summed E-state index contributed by atoms with van der Waals surface area (Å²) in [7, 11) is 1.22. The Morgan fingerprint density at radius 2 is 1.73 bits per heavy atom. The van der Waals surface area contributed by atoms with E-state index in [9.17, 15) is 19.2 Å². The highest BCUT2D eigenvalue weighted by molar-refractivity contribution is 5.82. The fourth-order valence-corrected chi connectivity index (χ4v) is 3.32. The second-order valence-corrected chi connectivity index (χ2v) is 7.99. The number of nitrogens with one attached hydrogen (secondary N) is 1. The lowest BCUT2D eigenvalue weighted by molar-refractivity contribution is -0.145. The third kappa shape index (κ3) is 11.4. The van der Waals surface area contributed by atoms with E-state index in [1.807, 2.05) is 18.2 Å². The third-order valence-corrected chi connectivity index (χ3v) is 5.19. The van der Waals surface area contributed by atoms with E-state index in [-0.39, 0.29) is 25.5 Å². The minimum absolute atomic E-state index is 0.00860. The van der Waals surface area contributed by atoms with E-state index in [0.717, 1.165) is 42.6 Å². The lowest BCUT2D eigenvalue weighted by atomic mass is 10.1. The zero-order chi connectivity index (χ0) is 24.6. The van der Waals surface area contributed by atoms with Gasteiger partial charge in [-0.15, -0.1) is 0 Å². The van der Waals surface area contributed by atoms with Crippen molar-refractivity contribution in [3.8, 4) is 0 Å². The number of rotatable bonds is 15. The highest BCUT2D eigenvalue weighted by atomic mass is 16.6. The largest absolute Gasteiger partial charge is 0.467 e. The van der Waals surface area contributed by atoms with Crippen LogP contribution in [0.15, 0.2) is 30.3 Å². The van der Waals surface area contributed by atoms with E-state index in [1.54, 1.807) is 12.1 Å². The fraction of sp³-hybridized carbons (Fsp3) is 0.583. The molecule has 3 N–H and O–H groups in total. The van der Waals surface area contributed by atoms with Crippen LogP contribution in [0.4, 0.5) is 4.79 Å². The van der Waals surface area contributed by atoms with Crippen LogP contribution < -0.4 is 11.1 Å². The first-order valence-corrected chi connectivity index (χ1v) is 11.4. The van der Waals surface area contributed by atoms with Crippen LogP contribution in [0.25, 0.3) is 0 Å². The van der Waals surface area contributed by atoms with E-state index >= 15 is 0 Å². The van der Waals surface area contributed by atoms with Crippen LogP contribution in [-0.2, 0) is 30.5 Å². The summed E-state index contributed by atoms with van der Waals surface area (Å²) in [4.78, 5) is 50.1. The number of methoxy groups -OCH3 is 1. The van der Waals surface area contributed by atoms with Gasteiger partial charge in [0.05, 0.1) is 13.2 Å². The summed E-state index contributed by atoms with van der Waals surface area (Å²) in [5, 5.41) is 2.77. The van der Waals surface area contributed by atoms with Crippen LogP contribution in [0.3, 0.4) is 0 Å². The number of nitrogens with two attached hydrogens (primary N) is 1. The molecule has 0 unspecified atom stereocenters. The number of hydrogen-bond acceptors (Lipinski definition) is 6. The number of benzene rings is 1. The molecule has 1 rings (SSSR count). The second kappa shape index (κ2) is 15.7. The second-order valence-electron chi connectivity index (χ2n) is 7.99. The Labute approximate surface area is 196 Å². The molecule has 33 heavy (non-hydrogen) atoms. The van der Waals surface area contributed by atoms with Gasteiger partial charge in [-0.25, -0.2) is 9.59 Å². The van der Waals surface area contributed by atoms with Gasteiger partial charge in [0.2, 0.25) is 11.8 Å². The normalized spacial score (nSPS) is 12.3. The van der Waals surface area contributed by atoms with Gasteiger partial charge in [0.1, 0.15) is 12.6 Å². The summed E-state index contributed by atoms with van der Waals surface area (Å²) in [6.45, 7) is 3.49. The highest BCUT2D eigenvalue weighted by Crippen LogP contribution is 2.11. The van der Waals surface area contributed by atoms with E-state index in [4.69, 9.17) is 15.2 Å². The standard InChI is InChI=1S/C24H37N3O6/c1-4-5-6-7-11-14-22(29)26-20(15-21(25)28)16-27(18(2)23(30)32-3)24(31)33-17-19-12-9-8-10-13-19/h8-10,12-13,18,20H,4-7,11,14-17H2,1-3H3,(H2,25,28)(H,26,29)/t18-,20-/m0/s1. The van der Waals surface area contributed by atoms with Crippen molar-refractivity contribution in [2.45, 2.75) is 77.5 Å². The molecule has 0 bridgehead atoms. The van der Waals surface area contributed by atoms with Crippen molar-refractivity contribution in [3.05, 3.63) is 35.9 Å². The number of primary amides is 1. The number of unbranched alkanes of at least 4 members (excludes halogenated alkanes) is 4. The molecule has 1 aromatic carbocycles. The van der Waals surface area contributed by atoms with E-state index in [1.165, 1.54) is 14.0 Å². The summed E-state index contributed by atoms with van der Waals surface area (Å²) >= 11 is 0. The molecule has 9 nitrogen and oxygen atoms in total. The molecule has 0 saturated carbocycles. The number of nitrogens with zero attached hydrogens (tertiary/aromatic N) is 1. The minimum atomic E-state index is -0.986. The van der Waals surface area contributed by atoms with Crippen LogP contribution in [0.1, 0.15) is 64.4 Å². The van der Waals surface area contributed by atoms with Crippen molar-refractivity contribution < 1.29 is 28.7 Å². The highest BCUT2D eigenvalue weighted by Gasteiger charge is 2.31. The average Bonchev–Trinajstić information content (AvgIpc) is 2.80. The molecule has 0 spiro atoms. The smallest absolute Gasteiger partial charge is 0.410 e. The van der Waals surface area contributed by atoms with Crippen LogP contribution in [0, 0.1) is 0 Å². The molecule has 3 amide bonds. The Hall–Kier alpha value is -3.10. The minimum Gasteiger partial charge on any atom is -0.467 e. The van der Waals surface area contributed by atoms with Gasteiger partial charge in [0.25, 0.3) is 0 Å². The molecule has 9 heteroatoms. The number of hydrogen-bond donors (Lipinski definition) is 2. The van der Waals surface area contributed by atoms with Crippen molar-refractivity contribution in [2.24, 2.45) is 5.73 Å². The first-order chi connectivity index (χ1) is 15.8. The summed E-state index contributed by atoms with van der Waals surface area (Å²) in [5.41, 5.74) is 6.14. The van der Waals surface area contributed by atoms with Gasteiger partial charge in [0, 0.05) is 19.4 Å². The first kappa shape index (κ1) is 27.9. The molecule has 0 radical (unpaired) electrons. The SMILES string of the molecule is CCCCCCCC(=O)N[C@@H](CC(N)=O)CN(C(=O)OCc1ccccc1)[C@@H](C)C(=O)OC. The number of amides is 3. The quantitative estimate of drug-likeness (QED) is 0.304. The van der Waals surface area contributed by atoms with E-state index in [2.05, 4.69) is 12.2 Å². The molecule has 184 valence electrons. The Balaban J connectivity index is 2.84. The molecule has 0 heterocycles. The van der Waals surface area contributed by atoms with Crippen molar-refractivity contribution in [3.63, 3.8) is 0 Å². The van der Waals surface area contributed by atoms with Crippen molar-refractivity contribution in [1.29, 1.82) is 0 Å².